The van der Waals surface area contributed by atoms with Gasteiger partial charge >= 0.3 is 5.97 Å². The second-order valence-electron chi connectivity index (χ2n) is 5.58. The molecule has 3 aromatic rings. The molecule has 124 valence electrons. The summed E-state index contributed by atoms with van der Waals surface area (Å²) in [6, 6.07) is 9.60. The zero-order chi connectivity index (χ0) is 16.9. The number of benzene rings is 1. The van der Waals surface area contributed by atoms with Crippen LogP contribution in [0.5, 0.6) is 0 Å². The van der Waals surface area contributed by atoms with E-state index in [1.165, 1.54) is 6.33 Å². The van der Waals surface area contributed by atoms with Crippen LogP contribution in [-0.4, -0.2) is 38.9 Å². The third-order valence-corrected chi connectivity index (χ3v) is 3.52. The average molecular weight is 325 g/mol. The number of carbonyl (C=O) groups is 1. The number of para-hydroxylation sites is 1. The average Bonchev–Trinajstić information content (AvgIpc) is 3.09. The first-order valence-electron chi connectivity index (χ1n) is 7.81. The maximum absolute atomic E-state index is 12.0. The van der Waals surface area contributed by atoms with E-state index in [1.807, 2.05) is 38.1 Å². The summed E-state index contributed by atoms with van der Waals surface area (Å²) in [6.45, 7) is 4.68. The molecule has 0 atom stereocenters. The second kappa shape index (κ2) is 7.08. The van der Waals surface area contributed by atoms with Gasteiger partial charge in [0.25, 0.3) is 0 Å². The molecule has 7 heteroatoms. The van der Waals surface area contributed by atoms with E-state index in [1.54, 1.807) is 16.9 Å². The maximum Gasteiger partial charge on any atom is 0.358 e. The zero-order valence-corrected chi connectivity index (χ0v) is 13.6. The van der Waals surface area contributed by atoms with Gasteiger partial charge in [0.2, 0.25) is 0 Å². The Balaban J connectivity index is 1.53. The van der Waals surface area contributed by atoms with Crippen LogP contribution in [0.25, 0.3) is 10.9 Å². The van der Waals surface area contributed by atoms with Crippen LogP contribution < -0.4 is 5.32 Å². The summed E-state index contributed by atoms with van der Waals surface area (Å²) in [5.74, 6) is 0.296. The van der Waals surface area contributed by atoms with Crippen LogP contribution in [0.3, 0.4) is 0 Å². The molecule has 0 saturated carbocycles. The lowest BCUT2D eigenvalue weighted by atomic mass is 10.2. The molecule has 2 aromatic heterocycles. The Labute approximate surface area is 139 Å². The molecule has 0 bridgehead atoms. The summed E-state index contributed by atoms with van der Waals surface area (Å²) in [4.78, 5) is 20.4. The molecule has 1 N–H and O–H groups in total. The van der Waals surface area contributed by atoms with Gasteiger partial charge in [-0.05, 0) is 32.0 Å². The highest BCUT2D eigenvalue weighted by Gasteiger charge is 2.12. The standard InChI is InChI=1S/C17H19N5O2/c1-12(2)22-9-7-15(21-22)17(23)24-10-8-18-16-13-5-3-4-6-14(13)19-11-20-16/h3-7,9,11-12H,8,10H2,1-2H3,(H,18,19,20). The second-order valence-corrected chi connectivity index (χ2v) is 5.58. The summed E-state index contributed by atoms with van der Waals surface area (Å²) in [5.41, 5.74) is 1.18. The van der Waals surface area contributed by atoms with Gasteiger partial charge in [-0.15, -0.1) is 0 Å². The minimum absolute atomic E-state index is 0.208. The van der Waals surface area contributed by atoms with E-state index < -0.39 is 5.97 Å². The molecule has 24 heavy (non-hydrogen) atoms. The van der Waals surface area contributed by atoms with Gasteiger partial charge in [-0.25, -0.2) is 14.8 Å². The van der Waals surface area contributed by atoms with Crippen molar-refractivity contribution in [2.75, 3.05) is 18.5 Å². The van der Waals surface area contributed by atoms with Crippen molar-refractivity contribution in [1.82, 2.24) is 19.7 Å². The lowest BCUT2D eigenvalue weighted by Gasteiger charge is -2.08. The predicted octanol–water partition coefficient (Wildman–Crippen LogP) is 2.68. The summed E-state index contributed by atoms with van der Waals surface area (Å²) in [6.07, 6.45) is 3.28. The van der Waals surface area contributed by atoms with Gasteiger partial charge in [-0.1, -0.05) is 12.1 Å². The van der Waals surface area contributed by atoms with Crippen LogP contribution >= 0.6 is 0 Å². The van der Waals surface area contributed by atoms with Crippen LogP contribution in [0.15, 0.2) is 42.9 Å². The van der Waals surface area contributed by atoms with Crippen LogP contribution in [0.2, 0.25) is 0 Å². The highest BCUT2D eigenvalue weighted by atomic mass is 16.5. The SMILES string of the molecule is CC(C)n1ccc(C(=O)OCCNc2ncnc3ccccc23)n1. The van der Waals surface area contributed by atoms with Crippen molar-refractivity contribution < 1.29 is 9.53 Å². The van der Waals surface area contributed by atoms with Gasteiger partial charge in [0.15, 0.2) is 5.69 Å². The summed E-state index contributed by atoms with van der Waals surface area (Å²) >= 11 is 0. The number of rotatable bonds is 6. The minimum atomic E-state index is -0.427. The number of ether oxygens (including phenoxy) is 1. The number of fused-ring (bicyclic) bond motifs is 1. The number of esters is 1. The van der Waals surface area contributed by atoms with E-state index in [2.05, 4.69) is 20.4 Å². The van der Waals surface area contributed by atoms with E-state index in [0.717, 1.165) is 16.7 Å². The van der Waals surface area contributed by atoms with Gasteiger partial charge in [0.05, 0.1) is 12.1 Å². The molecule has 0 fully saturated rings. The van der Waals surface area contributed by atoms with Crippen LogP contribution in [0, 0.1) is 0 Å². The first kappa shape index (κ1) is 15.9. The van der Waals surface area contributed by atoms with Crippen molar-refractivity contribution in [3.05, 3.63) is 48.5 Å². The monoisotopic (exact) mass is 325 g/mol. The van der Waals surface area contributed by atoms with Crippen LogP contribution in [0.1, 0.15) is 30.4 Å². The fraction of sp³-hybridized carbons (Fsp3) is 0.294. The Hall–Kier alpha value is -2.96. The lowest BCUT2D eigenvalue weighted by molar-refractivity contribution is 0.0512. The summed E-state index contributed by atoms with van der Waals surface area (Å²) in [5, 5.41) is 8.28. The molecule has 2 heterocycles. The number of hydrogen-bond acceptors (Lipinski definition) is 6. The van der Waals surface area contributed by atoms with Crippen molar-refractivity contribution >= 4 is 22.7 Å². The normalized spacial score (nSPS) is 11.0. The minimum Gasteiger partial charge on any atom is -0.459 e. The van der Waals surface area contributed by atoms with Crippen molar-refractivity contribution in [3.8, 4) is 0 Å². The molecule has 0 spiro atoms. The number of anilines is 1. The molecule has 3 rings (SSSR count). The van der Waals surface area contributed by atoms with E-state index in [0.29, 0.717) is 12.2 Å². The maximum atomic E-state index is 12.0. The molecule has 0 aliphatic heterocycles. The number of nitrogens with one attached hydrogen (secondary N) is 1. The van der Waals surface area contributed by atoms with E-state index in [4.69, 9.17) is 4.74 Å². The lowest BCUT2D eigenvalue weighted by Crippen LogP contribution is -2.15. The van der Waals surface area contributed by atoms with Crippen LogP contribution in [0.4, 0.5) is 5.82 Å². The summed E-state index contributed by atoms with van der Waals surface area (Å²) in [7, 11) is 0. The Morgan fingerprint density at radius 3 is 2.88 bits per heavy atom. The molecule has 0 saturated heterocycles. The molecule has 7 nitrogen and oxygen atoms in total. The van der Waals surface area contributed by atoms with Gasteiger partial charge in [-0.3, -0.25) is 4.68 Å². The number of carbonyl (C=O) groups excluding carboxylic acids is 1. The smallest absolute Gasteiger partial charge is 0.358 e. The number of aromatic nitrogens is 4. The van der Waals surface area contributed by atoms with Crippen molar-refractivity contribution in [3.63, 3.8) is 0 Å². The Bertz CT molecular complexity index is 838. The molecule has 0 unspecified atom stereocenters. The third kappa shape index (κ3) is 3.51. The van der Waals surface area contributed by atoms with Gasteiger partial charge < -0.3 is 10.1 Å². The molecule has 0 aliphatic carbocycles. The fourth-order valence-electron chi connectivity index (χ4n) is 2.27. The van der Waals surface area contributed by atoms with E-state index in [-0.39, 0.29) is 12.6 Å². The van der Waals surface area contributed by atoms with Crippen LogP contribution in [-0.2, 0) is 4.74 Å². The van der Waals surface area contributed by atoms with Gasteiger partial charge in [0.1, 0.15) is 18.8 Å². The van der Waals surface area contributed by atoms with E-state index >= 15 is 0 Å². The van der Waals surface area contributed by atoms with Gasteiger partial charge in [-0.2, -0.15) is 5.10 Å². The number of nitrogens with zero attached hydrogens (tertiary/aromatic N) is 4. The molecule has 1 aromatic carbocycles. The predicted molar refractivity (Wildman–Crippen MR) is 90.9 cm³/mol. The quantitative estimate of drug-likeness (QED) is 0.554. The first-order chi connectivity index (χ1) is 11.6. The molecule has 0 aliphatic rings. The molecule has 0 radical (unpaired) electrons. The zero-order valence-electron chi connectivity index (χ0n) is 13.6. The van der Waals surface area contributed by atoms with E-state index in [9.17, 15) is 4.79 Å². The highest BCUT2D eigenvalue weighted by Crippen LogP contribution is 2.17. The fourth-order valence-corrected chi connectivity index (χ4v) is 2.27. The molecular formula is C17H19N5O2. The van der Waals surface area contributed by atoms with Crippen molar-refractivity contribution in [2.45, 2.75) is 19.9 Å². The highest BCUT2D eigenvalue weighted by molar-refractivity contribution is 5.88. The summed E-state index contributed by atoms with van der Waals surface area (Å²) < 4.78 is 6.96. The number of hydrogen-bond donors (Lipinski definition) is 1. The first-order valence-corrected chi connectivity index (χ1v) is 7.81. The Morgan fingerprint density at radius 1 is 1.25 bits per heavy atom. The van der Waals surface area contributed by atoms with Crippen molar-refractivity contribution in [2.24, 2.45) is 0 Å². The Kier molecular flexibility index (Phi) is 4.69. The molecule has 0 amide bonds. The largest absolute Gasteiger partial charge is 0.459 e. The van der Waals surface area contributed by atoms with Crippen molar-refractivity contribution in [1.29, 1.82) is 0 Å². The van der Waals surface area contributed by atoms with Gasteiger partial charge in [0, 0.05) is 17.6 Å². The Morgan fingerprint density at radius 2 is 2.08 bits per heavy atom. The third-order valence-electron chi connectivity index (χ3n) is 3.52. The molecular weight excluding hydrogens is 306 g/mol. The topological polar surface area (TPSA) is 81.9 Å².